The van der Waals surface area contributed by atoms with Crippen molar-refractivity contribution in [3.63, 3.8) is 0 Å². The third-order valence-corrected chi connectivity index (χ3v) is 8.40. The number of aryl methyl sites for hydroxylation is 5. The molecule has 0 saturated carbocycles. The van der Waals surface area contributed by atoms with Crippen LogP contribution in [-0.4, -0.2) is 71.5 Å². The van der Waals surface area contributed by atoms with Crippen molar-refractivity contribution in [1.82, 2.24) is 10.2 Å². The first-order valence-electron chi connectivity index (χ1n) is 19.9. The van der Waals surface area contributed by atoms with Crippen LogP contribution < -0.4 is 14.8 Å². The largest absolute Gasteiger partial charge is 0.508 e. The highest BCUT2D eigenvalue weighted by Gasteiger charge is 2.17. The molecular weight excluding hydrogens is 709 g/mol. The first-order valence-corrected chi connectivity index (χ1v) is 19.9. The number of aliphatic hydroxyl groups excluding tert-OH is 1. The average molecular weight is 775 g/mol. The molecule has 0 spiro atoms. The maximum atomic E-state index is 12.3. The number of aromatic hydroxyl groups is 2. The summed E-state index contributed by atoms with van der Waals surface area (Å²) in [4.78, 5) is 25.9. The lowest BCUT2D eigenvalue weighted by molar-refractivity contribution is -0.135. The van der Waals surface area contributed by atoms with E-state index in [9.17, 15) is 19.8 Å². The van der Waals surface area contributed by atoms with Gasteiger partial charge in [0.1, 0.15) is 34.5 Å². The molecule has 5 rings (SSSR count). The van der Waals surface area contributed by atoms with E-state index in [0.29, 0.717) is 57.1 Å². The maximum Gasteiger partial charge on any atom is 0.223 e. The van der Waals surface area contributed by atoms with E-state index < -0.39 is 0 Å². The molecule has 1 aliphatic heterocycles. The molecule has 0 aromatic heterocycles. The molecule has 10 nitrogen and oxygen atoms in total. The summed E-state index contributed by atoms with van der Waals surface area (Å²) in [7, 11) is 0. The van der Waals surface area contributed by atoms with Gasteiger partial charge in [0.15, 0.2) is 0 Å². The number of carbonyl (C=O) groups is 2. The van der Waals surface area contributed by atoms with Crippen LogP contribution in [0, 0.1) is 27.7 Å². The van der Waals surface area contributed by atoms with Crippen molar-refractivity contribution in [1.29, 1.82) is 0 Å². The van der Waals surface area contributed by atoms with Crippen molar-refractivity contribution in [2.24, 2.45) is 0 Å². The van der Waals surface area contributed by atoms with E-state index in [4.69, 9.17) is 19.3 Å². The Morgan fingerprint density at radius 2 is 1.18 bits per heavy atom. The van der Waals surface area contributed by atoms with Gasteiger partial charge in [-0.15, -0.1) is 0 Å². The minimum Gasteiger partial charge on any atom is -0.508 e. The highest BCUT2D eigenvalue weighted by molar-refractivity contribution is 5.77. The molecule has 4 aromatic rings. The van der Waals surface area contributed by atoms with Crippen LogP contribution >= 0.6 is 0 Å². The van der Waals surface area contributed by atoms with Crippen LogP contribution in [0.15, 0.2) is 72.8 Å². The number of amides is 2. The summed E-state index contributed by atoms with van der Waals surface area (Å²) in [6.07, 6.45) is 2.20. The van der Waals surface area contributed by atoms with E-state index in [1.165, 1.54) is 0 Å². The second kappa shape index (κ2) is 27.5. The van der Waals surface area contributed by atoms with Crippen molar-refractivity contribution < 1.29 is 39.1 Å². The molecule has 0 unspecified atom stereocenters. The van der Waals surface area contributed by atoms with Crippen LogP contribution in [0.4, 0.5) is 0 Å². The molecule has 0 radical (unpaired) electrons. The average Bonchev–Trinajstić information content (AvgIpc) is 3.23. The molecule has 1 fully saturated rings. The molecule has 1 heterocycles. The predicted octanol–water partition coefficient (Wildman–Crippen LogP) is 9.51. The van der Waals surface area contributed by atoms with Gasteiger partial charge in [0.25, 0.3) is 0 Å². The molecule has 2 amide bonds. The van der Waals surface area contributed by atoms with E-state index in [1.54, 1.807) is 48.5 Å². The number of nitrogens with one attached hydrogen (secondary N) is 1. The van der Waals surface area contributed by atoms with Crippen LogP contribution in [-0.2, 0) is 27.2 Å². The van der Waals surface area contributed by atoms with Gasteiger partial charge in [-0.2, -0.15) is 0 Å². The van der Waals surface area contributed by atoms with Gasteiger partial charge in [0, 0.05) is 32.5 Å². The second-order valence-electron chi connectivity index (χ2n) is 12.3. The van der Waals surface area contributed by atoms with Crippen molar-refractivity contribution >= 4 is 11.8 Å². The Labute approximate surface area is 335 Å². The zero-order chi connectivity index (χ0) is 42.0. The van der Waals surface area contributed by atoms with E-state index >= 15 is 0 Å². The Bertz CT molecular complexity index is 1690. The number of carbonyl (C=O) groups excluding carboxylic acids is 2. The third kappa shape index (κ3) is 16.8. The molecule has 308 valence electrons. The number of benzene rings is 4. The number of aliphatic hydroxyl groups is 1. The zero-order valence-corrected chi connectivity index (χ0v) is 35.3. The number of phenols is 2. The van der Waals surface area contributed by atoms with Crippen molar-refractivity contribution in [3.05, 3.63) is 106 Å². The van der Waals surface area contributed by atoms with Gasteiger partial charge in [-0.05, 0) is 122 Å². The SMILES string of the molecule is CC.CC.CC.Cc1cc(CCC(=O)N2CCOCC2)cc(C)c1Oc1ccc(O)cc1.Cc1ccc(CCC(=O)NCCO)c(C)c1Oc1ccc(O)cc1. The Morgan fingerprint density at radius 3 is 1.68 bits per heavy atom. The molecule has 10 heteroatoms. The lowest BCUT2D eigenvalue weighted by atomic mass is 10.00. The summed E-state index contributed by atoms with van der Waals surface area (Å²) in [5.74, 6) is 3.44. The molecule has 4 N–H and O–H groups in total. The Kier molecular flexibility index (Phi) is 24.1. The predicted molar refractivity (Wildman–Crippen MR) is 226 cm³/mol. The van der Waals surface area contributed by atoms with E-state index in [2.05, 4.69) is 17.4 Å². The minimum atomic E-state index is -0.0787. The van der Waals surface area contributed by atoms with Crippen LogP contribution in [0.5, 0.6) is 34.5 Å². The van der Waals surface area contributed by atoms with Crippen molar-refractivity contribution in [2.75, 3.05) is 39.5 Å². The topological polar surface area (TPSA) is 138 Å². The third-order valence-electron chi connectivity index (χ3n) is 8.40. The molecule has 0 bridgehead atoms. The fourth-order valence-electron chi connectivity index (χ4n) is 5.66. The summed E-state index contributed by atoms with van der Waals surface area (Å²) in [6.45, 7) is 22.8. The van der Waals surface area contributed by atoms with Gasteiger partial charge in [-0.3, -0.25) is 9.59 Å². The standard InChI is InChI=1S/C21H25NO4.C19H23NO4.3C2H6/c1-15-13-17(3-8-20(24)22-9-11-25-12-10-22)14-16(2)21(15)26-19-6-4-18(23)5-7-19;1-13-3-4-15(5-10-18(23)20-11-12-21)14(2)19(13)24-17-8-6-16(22)7-9-17;3*1-2/h4-7,13-14,23H,3,8-12H2,1-2H3;3-4,6-9,21-22H,5,10-12H2,1-2H3,(H,20,23);3*1-2H3. The summed E-state index contributed by atoms with van der Waals surface area (Å²) >= 11 is 0. The highest BCUT2D eigenvalue weighted by atomic mass is 16.5. The molecule has 4 aromatic carbocycles. The summed E-state index contributed by atoms with van der Waals surface area (Å²) in [5, 5.41) is 30.1. The number of hydrogen-bond acceptors (Lipinski definition) is 8. The van der Waals surface area contributed by atoms with Crippen LogP contribution in [0.1, 0.15) is 87.8 Å². The van der Waals surface area contributed by atoms with Gasteiger partial charge in [0.2, 0.25) is 11.8 Å². The first-order chi connectivity index (χ1) is 27.0. The van der Waals surface area contributed by atoms with Crippen LogP contribution in [0.2, 0.25) is 0 Å². The Hall–Kier alpha value is -5.06. The fraction of sp³-hybridized carbons (Fsp3) is 0.435. The normalized spacial score (nSPS) is 11.4. The second-order valence-corrected chi connectivity index (χ2v) is 12.3. The Balaban J connectivity index is 0.000000496. The first kappa shape index (κ1) is 49.0. The van der Waals surface area contributed by atoms with Crippen molar-refractivity contribution in [2.45, 2.75) is 94.9 Å². The summed E-state index contributed by atoms with van der Waals surface area (Å²) in [5.41, 5.74) is 6.26. The van der Waals surface area contributed by atoms with Crippen LogP contribution in [0.3, 0.4) is 0 Å². The van der Waals surface area contributed by atoms with Crippen LogP contribution in [0.25, 0.3) is 0 Å². The van der Waals surface area contributed by atoms with E-state index in [1.807, 2.05) is 86.3 Å². The maximum absolute atomic E-state index is 12.3. The highest BCUT2D eigenvalue weighted by Crippen LogP contribution is 2.33. The minimum absolute atomic E-state index is 0.0556. The van der Waals surface area contributed by atoms with Gasteiger partial charge in [-0.25, -0.2) is 0 Å². The molecule has 56 heavy (non-hydrogen) atoms. The van der Waals surface area contributed by atoms with Crippen molar-refractivity contribution in [3.8, 4) is 34.5 Å². The molecule has 1 saturated heterocycles. The number of morpholine rings is 1. The van der Waals surface area contributed by atoms with E-state index in [-0.39, 0.29) is 36.5 Å². The van der Waals surface area contributed by atoms with E-state index in [0.717, 1.165) is 51.3 Å². The van der Waals surface area contributed by atoms with Gasteiger partial charge < -0.3 is 39.7 Å². The quantitative estimate of drug-likeness (QED) is 0.112. The summed E-state index contributed by atoms with van der Waals surface area (Å²) < 4.78 is 17.2. The van der Waals surface area contributed by atoms with Gasteiger partial charge in [0.05, 0.1) is 19.8 Å². The molecular formula is C46H66N2O8. The zero-order valence-electron chi connectivity index (χ0n) is 35.3. The fourth-order valence-corrected chi connectivity index (χ4v) is 5.66. The lowest BCUT2D eigenvalue weighted by Crippen LogP contribution is -2.40. The number of nitrogens with zero attached hydrogens (tertiary/aromatic N) is 1. The molecule has 0 atom stereocenters. The lowest BCUT2D eigenvalue weighted by Gasteiger charge is -2.26. The number of phenolic OH excluding ortho intramolecular Hbond substituents is 2. The van der Waals surface area contributed by atoms with Gasteiger partial charge in [-0.1, -0.05) is 65.8 Å². The summed E-state index contributed by atoms with van der Waals surface area (Å²) in [6, 6.07) is 21.4. The molecule has 1 aliphatic rings. The monoisotopic (exact) mass is 774 g/mol. The van der Waals surface area contributed by atoms with Gasteiger partial charge >= 0.3 is 0 Å². The molecule has 0 aliphatic carbocycles. The number of hydrogen-bond donors (Lipinski definition) is 4. The Morgan fingerprint density at radius 1 is 0.679 bits per heavy atom. The number of rotatable bonds is 12. The smallest absolute Gasteiger partial charge is 0.223 e. The number of ether oxygens (including phenoxy) is 3.